The van der Waals surface area contributed by atoms with Crippen molar-refractivity contribution >= 4 is 5.69 Å². The molecule has 0 atom stereocenters. The first-order chi connectivity index (χ1) is 9.58. The normalized spacial score (nSPS) is 15.9. The van der Waals surface area contributed by atoms with Crippen molar-refractivity contribution in [2.45, 2.75) is 20.4 Å². The molecule has 0 spiro atoms. The second-order valence-electron chi connectivity index (χ2n) is 5.53. The van der Waals surface area contributed by atoms with Crippen LogP contribution in [0, 0.1) is 17.6 Å². The zero-order valence-electron chi connectivity index (χ0n) is 12.1. The third-order valence-electron chi connectivity index (χ3n) is 3.29. The second kappa shape index (κ2) is 6.99. The van der Waals surface area contributed by atoms with Gasteiger partial charge in [0, 0.05) is 19.6 Å². The van der Waals surface area contributed by atoms with Crippen molar-refractivity contribution in [3.63, 3.8) is 0 Å². The maximum absolute atomic E-state index is 14.1. The van der Waals surface area contributed by atoms with E-state index >= 15 is 0 Å². The minimum absolute atomic E-state index is 0.0703. The Morgan fingerprint density at radius 1 is 1.20 bits per heavy atom. The molecular weight excluding hydrogens is 262 g/mol. The summed E-state index contributed by atoms with van der Waals surface area (Å²) in [6.07, 6.45) is 0. The van der Waals surface area contributed by atoms with Crippen LogP contribution >= 0.6 is 0 Å². The molecule has 1 heterocycles. The van der Waals surface area contributed by atoms with E-state index in [1.54, 1.807) is 4.90 Å². The third-order valence-corrected chi connectivity index (χ3v) is 3.29. The summed E-state index contributed by atoms with van der Waals surface area (Å²) in [5.41, 5.74) is 0.707. The van der Waals surface area contributed by atoms with Crippen LogP contribution in [0.3, 0.4) is 0 Å². The topological polar surface area (TPSA) is 24.5 Å². The number of morpholine rings is 1. The number of halogens is 2. The average Bonchev–Trinajstić information content (AvgIpc) is 2.38. The SMILES string of the molecule is CC(C)CNCc1cc(F)c(N2CCOCC2)c(F)c1. The Morgan fingerprint density at radius 3 is 2.35 bits per heavy atom. The van der Waals surface area contributed by atoms with Crippen LogP contribution in [-0.2, 0) is 11.3 Å². The van der Waals surface area contributed by atoms with Crippen molar-refractivity contribution in [3.05, 3.63) is 29.3 Å². The highest BCUT2D eigenvalue weighted by Gasteiger charge is 2.20. The molecule has 1 aliphatic heterocycles. The fraction of sp³-hybridized carbons (Fsp3) is 0.600. The van der Waals surface area contributed by atoms with Gasteiger partial charge in [0.25, 0.3) is 0 Å². The number of hydrogen-bond acceptors (Lipinski definition) is 3. The van der Waals surface area contributed by atoms with E-state index < -0.39 is 11.6 Å². The van der Waals surface area contributed by atoms with Crippen LogP contribution in [0.2, 0.25) is 0 Å². The number of benzene rings is 1. The Balaban J connectivity index is 2.07. The van der Waals surface area contributed by atoms with Crippen LogP contribution in [0.5, 0.6) is 0 Å². The highest BCUT2D eigenvalue weighted by molar-refractivity contribution is 5.51. The molecule has 1 fully saturated rings. The first kappa shape index (κ1) is 15.2. The predicted octanol–water partition coefficient (Wildman–Crippen LogP) is 2.55. The minimum Gasteiger partial charge on any atom is -0.378 e. The Morgan fingerprint density at radius 2 is 1.80 bits per heavy atom. The van der Waals surface area contributed by atoms with Gasteiger partial charge in [-0.05, 0) is 30.2 Å². The summed E-state index contributed by atoms with van der Waals surface area (Å²) in [7, 11) is 0. The van der Waals surface area contributed by atoms with E-state index in [2.05, 4.69) is 19.2 Å². The molecule has 112 valence electrons. The minimum atomic E-state index is -0.492. The molecule has 1 aliphatic rings. The Bertz CT molecular complexity index is 422. The zero-order chi connectivity index (χ0) is 14.5. The maximum atomic E-state index is 14.1. The van der Waals surface area contributed by atoms with E-state index in [-0.39, 0.29) is 5.69 Å². The van der Waals surface area contributed by atoms with E-state index in [1.165, 1.54) is 12.1 Å². The lowest BCUT2D eigenvalue weighted by molar-refractivity contribution is 0.122. The summed E-state index contributed by atoms with van der Waals surface area (Å²) in [6.45, 7) is 7.57. The lowest BCUT2D eigenvalue weighted by atomic mass is 10.1. The van der Waals surface area contributed by atoms with Gasteiger partial charge in [0.05, 0.1) is 13.2 Å². The van der Waals surface area contributed by atoms with Crippen molar-refractivity contribution in [2.75, 3.05) is 37.7 Å². The smallest absolute Gasteiger partial charge is 0.149 e. The molecule has 0 saturated carbocycles. The van der Waals surface area contributed by atoms with E-state index in [4.69, 9.17) is 4.74 Å². The number of ether oxygens (including phenoxy) is 1. The number of anilines is 1. The highest BCUT2D eigenvalue weighted by Crippen LogP contribution is 2.25. The molecule has 1 saturated heterocycles. The lowest BCUT2D eigenvalue weighted by Crippen LogP contribution is -2.37. The molecule has 1 N–H and O–H groups in total. The van der Waals surface area contributed by atoms with E-state index in [0.29, 0.717) is 44.3 Å². The van der Waals surface area contributed by atoms with Gasteiger partial charge in [-0.2, -0.15) is 0 Å². The molecule has 0 aromatic heterocycles. The van der Waals surface area contributed by atoms with Crippen LogP contribution in [0.25, 0.3) is 0 Å². The number of rotatable bonds is 5. The van der Waals surface area contributed by atoms with Gasteiger partial charge in [-0.1, -0.05) is 13.8 Å². The molecule has 0 amide bonds. The first-order valence-electron chi connectivity index (χ1n) is 7.09. The van der Waals surface area contributed by atoms with Gasteiger partial charge in [0.2, 0.25) is 0 Å². The molecule has 0 bridgehead atoms. The van der Waals surface area contributed by atoms with Crippen molar-refractivity contribution < 1.29 is 13.5 Å². The van der Waals surface area contributed by atoms with Crippen molar-refractivity contribution in [1.82, 2.24) is 5.32 Å². The monoisotopic (exact) mass is 284 g/mol. The molecule has 3 nitrogen and oxygen atoms in total. The summed E-state index contributed by atoms with van der Waals surface area (Å²) >= 11 is 0. The van der Waals surface area contributed by atoms with Gasteiger partial charge in [-0.3, -0.25) is 0 Å². The predicted molar refractivity (Wildman–Crippen MR) is 75.9 cm³/mol. The average molecular weight is 284 g/mol. The van der Waals surface area contributed by atoms with Crippen LogP contribution in [0.1, 0.15) is 19.4 Å². The van der Waals surface area contributed by atoms with E-state index in [9.17, 15) is 8.78 Å². The fourth-order valence-electron chi connectivity index (χ4n) is 2.31. The number of nitrogens with one attached hydrogen (secondary N) is 1. The molecule has 0 unspecified atom stereocenters. The van der Waals surface area contributed by atoms with E-state index in [0.717, 1.165) is 6.54 Å². The molecule has 0 aliphatic carbocycles. The highest BCUT2D eigenvalue weighted by atomic mass is 19.1. The molecule has 1 aromatic rings. The summed E-state index contributed by atoms with van der Waals surface area (Å²) in [5, 5.41) is 3.19. The third kappa shape index (κ3) is 3.90. The second-order valence-corrected chi connectivity index (χ2v) is 5.53. The maximum Gasteiger partial charge on any atom is 0.149 e. The van der Waals surface area contributed by atoms with Crippen LogP contribution < -0.4 is 10.2 Å². The van der Waals surface area contributed by atoms with E-state index in [1.807, 2.05) is 0 Å². The largest absolute Gasteiger partial charge is 0.378 e. The number of nitrogens with zero attached hydrogens (tertiary/aromatic N) is 1. The summed E-state index contributed by atoms with van der Waals surface area (Å²) in [5.74, 6) is -0.473. The van der Waals surface area contributed by atoms with Crippen LogP contribution in [0.4, 0.5) is 14.5 Å². The van der Waals surface area contributed by atoms with Crippen LogP contribution in [-0.4, -0.2) is 32.8 Å². The zero-order valence-corrected chi connectivity index (χ0v) is 12.1. The number of hydrogen-bond donors (Lipinski definition) is 1. The van der Waals surface area contributed by atoms with Crippen molar-refractivity contribution in [3.8, 4) is 0 Å². The van der Waals surface area contributed by atoms with Crippen molar-refractivity contribution in [2.24, 2.45) is 5.92 Å². The molecular formula is C15H22F2N2O. The first-order valence-corrected chi connectivity index (χ1v) is 7.09. The fourth-order valence-corrected chi connectivity index (χ4v) is 2.31. The van der Waals surface area contributed by atoms with Gasteiger partial charge in [-0.15, -0.1) is 0 Å². The van der Waals surface area contributed by atoms with Gasteiger partial charge < -0.3 is 15.0 Å². The van der Waals surface area contributed by atoms with Gasteiger partial charge >= 0.3 is 0 Å². The van der Waals surface area contributed by atoms with Gasteiger partial charge in [0.1, 0.15) is 17.3 Å². The summed E-state index contributed by atoms with van der Waals surface area (Å²) < 4.78 is 33.5. The quantitative estimate of drug-likeness (QED) is 0.899. The standard InChI is InChI=1S/C15H22F2N2O/c1-11(2)9-18-10-12-7-13(16)15(14(17)8-12)19-3-5-20-6-4-19/h7-8,11,18H,3-6,9-10H2,1-2H3. The molecule has 5 heteroatoms. The van der Waals surface area contributed by atoms with Gasteiger partial charge in [0.15, 0.2) is 0 Å². The Kier molecular flexibility index (Phi) is 5.31. The molecule has 0 radical (unpaired) electrons. The molecule has 20 heavy (non-hydrogen) atoms. The summed E-state index contributed by atoms with van der Waals surface area (Å²) in [4.78, 5) is 1.71. The summed E-state index contributed by atoms with van der Waals surface area (Å²) in [6, 6.07) is 2.84. The molecule has 1 aromatic carbocycles. The lowest BCUT2D eigenvalue weighted by Gasteiger charge is -2.29. The van der Waals surface area contributed by atoms with Crippen LogP contribution in [0.15, 0.2) is 12.1 Å². The molecule has 2 rings (SSSR count). The van der Waals surface area contributed by atoms with Gasteiger partial charge in [-0.25, -0.2) is 8.78 Å². The Hall–Kier alpha value is -1.20. The Labute approximate surface area is 118 Å². The van der Waals surface area contributed by atoms with Crippen molar-refractivity contribution in [1.29, 1.82) is 0 Å².